The standard InChI is InChI=1S/C36H46N6O9/c1-36(2,3)51-35(48)38-16-7-12-29(43)41-25-10-6-9-23-24(15-17-37-31(23)25)33(46)40-21-30(44)42-18-8-11-26(42)32(45)34(47)39-20-22-13-14-27(49-4)28(19-22)50-5/h6,9-10,13-15,17,19,26,32,45H,7-8,11-12,16,18,20-21H2,1-5H3,(H,38,48)(H,39,47)(H,40,46)(H,41,43)/t26-,32?/m0/s1. The van der Waals surface area contributed by atoms with Crippen molar-refractivity contribution in [3.8, 4) is 11.5 Å². The number of pyridine rings is 1. The van der Waals surface area contributed by atoms with E-state index in [1.165, 1.54) is 31.4 Å². The Balaban J connectivity index is 1.30. The van der Waals surface area contributed by atoms with E-state index in [0.29, 0.717) is 53.9 Å². The van der Waals surface area contributed by atoms with E-state index < -0.39 is 41.6 Å². The summed E-state index contributed by atoms with van der Waals surface area (Å²) in [6, 6.07) is 11.0. The number of likely N-dealkylation sites (tertiary alicyclic amines) is 1. The number of carbonyl (C=O) groups is 5. The van der Waals surface area contributed by atoms with Crippen LogP contribution in [0.5, 0.6) is 11.5 Å². The maximum atomic E-state index is 13.3. The second kappa shape index (κ2) is 17.5. The predicted octanol–water partition coefficient (Wildman–Crippen LogP) is 2.89. The number of ether oxygens (including phenoxy) is 3. The molecule has 1 aliphatic heterocycles. The van der Waals surface area contributed by atoms with Crippen LogP contribution in [0.4, 0.5) is 10.5 Å². The van der Waals surface area contributed by atoms with Crippen molar-refractivity contribution in [2.75, 3.05) is 39.2 Å². The van der Waals surface area contributed by atoms with Gasteiger partial charge in [-0.05, 0) is 69.9 Å². The Morgan fingerprint density at radius 2 is 1.76 bits per heavy atom. The van der Waals surface area contributed by atoms with Crippen LogP contribution in [-0.4, -0.2) is 96.3 Å². The van der Waals surface area contributed by atoms with Gasteiger partial charge < -0.3 is 45.5 Å². The monoisotopic (exact) mass is 706 g/mol. The third kappa shape index (κ3) is 10.5. The molecule has 0 radical (unpaired) electrons. The summed E-state index contributed by atoms with van der Waals surface area (Å²) >= 11 is 0. The predicted molar refractivity (Wildman–Crippen MR) is 188 cm³/mol. The fourth-order valence-electron chi connectivity index (χ4n) is 5.68. The Morgan fingerprint density at radius 1 is 1.00 bits per heavy atom. The number of para-hydroxylation sites is 1. The van der Waals surface area contributed by atoms with Gasteiger partial charge in [0.25, 0.3) is 11.8 Å². The maximum absolute atomic E-state index is 13.3. The third-order valence-electron chi connectivity index (χ3n) is 8.11. The van der Waals surface area contributed by atoms with E-state index in [9.17, 15) is 29.1 Å². The summed E-state index contributed by atoms with van der Waals surface area (Å²) in [6.07, 6.45) is 0.934. The van der Waals surface area contributed by atoms with Gasteiger partial charge >= 0.3 is 6.09 Å². The van der Waals surface area contributed by atoms with Gasteiger partial charge in [0.2, 0.25) is 11.8 Å². The largest absolute Gasteiger partial charge is 0.493 e. The number of amides is 5. The molecule has 0 bridgehead atoms. The fraction of sp³-hybridized carbons (Fsp3) is 0.444. The van der Waals surface area contributed by atoms with Gasteiger partial charge in [-0.1, -0.05) is 18.2 Å². The molecule has 5 N–H and O–H groups in total. The van der Waals surface area contributed by atoms with E-state index in [1.807, 2.05) is 0 Å². The SMILES string of the molecule is COc1ccc(CNC(=O)C(O)[C@@H]2CCCN2C(=O)CNC(=O)c2ccnc3c(NC(=O)CCCNC(=O)OC(C)(C)C)cccc23)cc1OC. The van der Waals surface area contributed by atoms with Crippen molar-refractivity contribution in [2.24, 2.45) is 0 Å². The van der Waals surface area contributed by atoms with Gasteiger partial charge in [-0.3, -0.25) is 24.2 Å². The number of fused-ring (bicyclic) bond motifs is 1. The molecule has 1 unspecified atom stereocenters. The Bertz CT molecular complexity index is 1740. The van der Waals surface area contributed by atoms with Crippen molar-refractivity contribution in [1.82, 2.24) is 25.8 Å². The van der Waals surface area contributed by atoms with Crippen LogP contribution in [0.2, 0.25) is 0 Å². The van der Waals surface area contributed by atoms with Crippen molar-refractivity contribution < 1.29 is 43.3 Å². The highest BCUT2D eigenvalue weighted by atomic mass is 16.6. The van der Waals surface area contributed by atoms with Gasteiger partial charge in [0.15, 0.2) is 17.6 Å². The molecule has 1 saturated heterocycles. The summed E-state index contributed by atoms with van der Waals surface area (Å²) in [5.41, 5.74) is 1.15. The first kappa shape index (κ1) is 38.4. The summed E-state index contributed by atoms with van der Waals surface area (Å²) in [6.45, 7) is 5.65. The number of hydrogen-bond acceptors (Lipinski definition) is 10. The van der Waals surface area contributed by atoms with Crippen LogP contribution in [0.1, 0.15) is 62.4 Å². The molecule has 15 nitrogen and oxygen atoms in total. The molecule has 15 heteroatoms. The Morgan fingerprint density at radius 3 is 2.49 bits per heavy atom. The number of nitrogens with one attached hydrogen (secondary N) is 4. The molecule has 2 aromatic carbocycles. The fourth-order valence-corrected chi connectivity index (χ4v) is 5.68. The molecule has 51 heavy (non-hydrogen) atoms. The molecule has 274 valence electrons. The normalized spacial score (nSPS) is 14.7. The summed E-state index contributed by atoms with van der Waals surface area (Å²) < 4.78 is 15.7. The summed E-state index contributed by atoms with van der Waals surface area (Å²) in [7, 11) is 3.03. The zero-order valence-electron chi connectivity index (χ0n) is 29.5. The van der Waals surface area contributed by atoms with E-state index >= 15 is 0 Å². The second-order valence-electron chi connectivity index (χ2n) is 13.0. The van der Waals surface area contributed by atoms with Gasteiger partial charge in [0.05, 0.1) is 43.6 Å². The minimum Gasteiger partial charge on any atom is -0.493 e. The first-order chi connectivity index (χ1) is 24.3. The van der Waals surface area contributed by atoms with Crippen molar-refractivity contribution in [3.05, 3.63) is 59.8 Å². The van der Waals surface area contributed by atoms with Crippen LogP contribution in [-0.2, 0) is 25.7 Å². The Labute approximate surface area is 296 Å². The van der Waals surface area contributed by atoms with Crippen LogP contribution in [0.3, 0.4) is 0 Å². The van der Waals surface area contributed by atoms with Gasteiger partial charge in [-0.15, -0.1) is 0 Å². The van der Waals surface area contributed by atoms with Gasteiger partial charge in [-0.25, -0.2) is 4.79 Å². The van der Waals surface area contributed by atoms with Gasteiger partial charge in [-0.2, -0.15) is 0 Å². The van der Waals surface area contributed by atoms with Crippen molar-refractivity contribution in [3.63, 3.8) is 0 Å². The molecule has 0 saturated carbocycles. The lowest BCUT2D eigenvalue weighted by Crippen LogP contribution is -2.51. The lowest BCUT2D eigenvalue weighted by Gasteiger charge is -2.28. The highest BCUT2D eigenvalue weighted by Gasteiger charge is 2.37. The molecule has 2 heterocycles. The van der Waals surface area contributed by atoms with E-state index in [1.54, 1.807) is 57.2 Å². The lowest BCUT2D eigenvalue weighted by atomic mass is 10.1. The zero-order valence-corrected chi connectivity index (χ0v) is 29.5. The highest BCUT2D eigenvalue weighted by Crippen LogP contribution is 2.28. The molecular weight excluding hydrogens is 660 g/mol. The summed E-state index contributed by atoms with van der Waals surface area (Å²) in [4.78, 5) is 69.6. The minimum absolute atomic E-state index is 0.125. The van der Waals surface area contributed by atoms with E-state index in [4.69, 9.17) is 14.2 Å². The summed E-state index contributed by atoms with van der Waals surface area (Å²) in [5, 5.41) is 22.1. The molecule has 4 rings (SSSR count). The average molecular weight is 707 g/mol. The molecular formula is C36H46N6O9. The number of carbonyl (C=O) groups excluding carboxylic acids is 5. The Kier molecular flexibility index (Phi) is 13.1. The highest BCUT2D eigenvalue weighted by molar-refractivity contribution is 6.10. The number of anilines is 1. The number of rotatable bonds is 14. The number of methoxy groups -OCH3 is 2. The van der Waals surface area contributed by atoms with Crippen molar-refractivity contribution in [1.29, 1.82) is 0 Å². The molecule has 0 spiro atoms. The number of alkyl carbamates (subject to hydrolysis) is 1. The number of nitrogens with zero attached hydrogens (tertiary/aromatic N) is 2. The molecule has 0 aliphatic carbocycles. The number of aromatic nitrogens is 1. The van der Waals surface area contributed by atoms with Crippen LogP contribution in [0.15, 0.2) is 48.7 Å². The van der Waals surface area contributed by atoms with E-state index in [0.717, 1.165) is 5.56 Å². The third-order valence-corrected chi connectivity index (χ3v) is 8.11. The number of benzene rings is 2. The zero-order chi connectivity index (χ0) is 37.1. The first-order valence-corrected chi connectivity index (χ1v) is 16.7. The Hall–Kier alpha value is -5.44. The number of aliphatic hydroxyl groups is 1. The van der Waals surface area contributed by atoms with E-state index in [-0.39, 0.29) is 37.5 Å². The number of hydrogen-bond donors (Lipinski definition) is 5. The topological polar surface area (TPSA) is 198 Å². The molecule has 1 fully saturated rings. The smallest absolute Gasteiger partial charge is 0.407 e. The van der Waals surface area contributed by atoms with Crippen LogP contribution >= 0.6 is 0 Å². The first-order valence-electron chi connectivity index (χ1n) is 16.7. The maximum Gasteiger partial charge on any atom is 0.407 e. The molecule has 3 aromatic rings. The van der Waals surface area contributed by atoms with E-state index in [2.05, 4.69) is 26.3 Å². The quantitative estimate of drug-likeness (QED) is 0.156. The van der Waals surface area contributed by atoms with Crippen LogP contribution < -0.4 is 30.7 Å². The number of aliphatic hydroxyl groups excluding tert-OH is 1. The van der Waals surface area contributed by atoms with Crippen LogP contribution in [0, 0.1) is 0 Å². The molecule has 5 amide bonds. The second-order valence-corrected chi connectivity index (χ2v) is 13.0. The van der Waals surface area contributed by atoms with Gasteiger partial charge in [0, 0.05) is 37.6 Å². The molecule has 2 atom stereocenters. The van der Waals surface area contributed by atoms with Crippen molar-refractivity contribution >= 4 is 46.3 Å². The van der Waals surface area contributed by atoms with Crippen LogP contribution in [0.25, 0.3) is 10.9 Å². The average Bonchev–Trinajstić information content (AvgIpc) is 3.60. The molecule has 1 aromatic heterocycles. The van der Waals surface area contributed by atoms with Crippen molar-refractivity contribution in [2.45, 2.75) is 70.7 Å². The lowest BCUT2D eigenvalue weighted by molar-refractivity contribution is -0.138. The molecule has 1 aliphatic rings. The minimum atomic E-state index is -1.47. The van der Waals surface area contributed by atoms with Gasteiger partial charge in [0.1, 0.15) is 5.60 Å². The summed E-state index contributed by atoms with van der Waals surface area (Å²) in [5.74, 6) is -0.842.